The van der Waals surface area contributed by atoms with Crippen LogP contribution in [0.2, 0.25) is 0 Å². The van der Waals surface area contributed by atoms with E-state index in [2.05, 4.69) is 67.8 Å². The third-order valence-corrected chi connectivity index (χ3v) is 13.0. The zero-order valence-electron chi connectivity index (χ0n) is 43.1. The molecule has 1 aliphatic rings. The highest BCUT2D eigenvalue weighted by Crippen LogP contribution is 2.23. The zero-order chi connectivity index (χ0) is 48.7. The van der Waals surface area contributed by atoms with Crippen LogP contribution in [0.3, 0.4) is 0 Å². The van der Waals surface area contributed by atoms with Crippen LogP contribution in [0.1, 0.15) is 245 Å². The average molecular weight is 944 g/mol. The second kappa shape index (κ2) is 47.6. The first-order valence-electron chi connectivity index (χ1n) is 28.0. The highest BCUT2D eigenvalue weighted by molar-refractivity contribution is 5.76. The van der Waals surface area contributed by atoms with Crippen molar-refractivity contribution in [3.8, 4) is 0 Å². The molecule has 390 valence electrons. The summed E-state index contributed by atoms with van der Waals surface area (Å²) in [4.78, 5) is 13.0. The third-order valence-electron chi connectivity index (χ3n) is 13.0. The number of amides is 1. The van der Waals surface area contributed by atoms with Crippen LogP contribution in [-0.2, 0) is 14.3 Å². The highest BCUT2D eigenvalue weighted by atomic mass is 16.7. The molecule has 1 fully saturated rings. The average Bonchev–Trinajstić information content (AvgIpc) is 3.33. The smallest absolute Gasteiger partial charge is 0.220 e. The van der Waals surface area contributed by atoms with Crippen LogP contribution in [0.4, 0.5) is 0 Å². The molecule has 0 aromatic heterocycles. The molecule has 1 aliphatic heterocycles. The van der Waals surface area contributed by atoms with Crippen molar-refractivity contribution in [2.75, 3.05) is 13.2 Å². The first kappa shape index (κ1) is 62.9. The van der Waals surface area contributed by atoms with E-state index in [-0.39, 0.29) is 12.5 Å². The third kappa shape index (κ3) is 37.4. The standard InChI is InChI=1S/C58H105NO8/c1-3-5-7-9-11-13-15-17-19-21-22-23-24-25-26-27-28-29-30-32-34-36-38-40-42-44-46-48-54(62)59-51(50-66-58-57(65)56(64)55(63)53(49-60)67-58)52(61)47-45-43-41-39-37-35-33-31-20-18-16-14-12-10-8-6-4-2/h20,22-23,25-26,31,37,39,45,47,51-53,55-58,60-61,63-65H,3-19,21,24,27-30,32-36,38,40-44,46,48-50H2,1-2H3,(H,59,62)/b23-22-,26-25-,31-20+,39-37+,47-45+. The summed E-state index contributed by atoms with van der Waals surface area (Å²) in [6.07, 6.45) is 57.1. The number of aliphatic hydroxyl groups excluding tert-OH is 5. The van der Waals surface area contributed by atoms with Crippen molar-refractivity contribution in [2.45, 2.75) is 288 Å². The van der Waals surface area contributed by atoms with Crippen LogP contribution in [0.5, 0.6) is 0 Å². The maximum atomic E-state index is 13.0. The minimum atomic E-state index is -1.58. The van der Waals surface area contributed by atoms with E-state index >= 15 is 0 Å². The minimum absolute atomic E-state index is 0.193. The fraction of sp³-hybridized carbons (Fsp3) is 0.810. The molecule has 0 aliphatic carbocycles. The minimum Gasteiger partial charge on any atom is -0.394 e. The molecule has 1 saturated heterocycles. The molecule has 9 nitrogen and oxygen atoms in total. The Labute approximate surface area is 411 Å². The van der Waals surface area contributed by atoms with Gasteiger partial charge in [0.2, 0.25) is 5.91 Å². The molecule has 0 spiro atoms. The summed E-state index contributed by atoms with van der Waals surface area (Å²) in [7, 11) is 0. The molecule has 7 atom stereocenters. The summed E-state index contributed by atoms with van der Waals surface area (Å²) in [6, 6.07) is -0.831. The van der Waals surface area contributed by atoms with E-state index in [0.29, 0.717) is 6.42 Å². The molecule has 1 amide bonds. The summed E-state index contributed by atoms with van der Waals surface area (Å²) in [5, 5.41) is 54.4. The lowest BCUT2D eigenvalue weighted by atomic mass is 9.99. The Morgan fingerprint density at radius 1 is 0.507 bits per heavy atom. The number of aliphatic hydroxyl groups is 5. The van der Waals surface area contributed by atoms with Crippen molar-refractivity contribution in [3.05, 3.63) is 60.8 Å². The van der Waals surface area contributed by atoms with Gasteiger partial charge >= 0.3 is 0 Å². The van der Waals surface area contributed by atoms with Gasteiger partial charge in [-0.3, -0.25) is 4.79 Å². The Balaban J connectivity index is 2.25. The molecule has 1 rings (SSSR count). The predicted molar refractivity (Wildman–Crippen MR) is 281 cm³/mol. The Bertz CT molecular complexity index is 1230. The molecule has 0 saturated carbocycles. The van der Waals surface area contributed by atoms with Gasteiger partial charge in [-0.05, 0) is 77.0 Å². The molecule has 0 radical (unpaired) electrons. The maximum absolute atomic E-state index is 13.0. The Hall–Kier alpha value is -2.11. The topological polar surface area (TPSA) is 149 Å². The van der Waals surface area contributed by atoms with Crippen LogP contribution in [0, 0.1) is 0 Å². The summed E-state index contributed by atoms with van der Waals surface area (Å²) < 4.78 is 11.2. The van der Waals surface area contributed by atoms with E-state index in [4.69, 9.17) is 9.47 Å². The first-order chi connectivity index (χ1) is 32.8. The van der Waals surface area contributed by atoms with E-state index in [1.54, 1.807) is 6.08 Å². The summed E-state index contributed by atoms with van der Waals surface area (Å²) >= 11 is 0. The van der Waals surface area contributed by atoms with E-state index in [1.165, 1.54) is 167 Å². The van der Waals surface area contributed by atoms with Gasteiger partial charge in [-0.1, -0.05) is 222 Å². The lowest BCUT2D eigenvalue weighted by Gasteiger charge is -2.40. The number of allylic oxidation sites excluding steroid dienone is 9. The molecule has 67 heavy (non-hydrogen) atoms. The van der Waals surface area contributed by atoms with E-state index in [9.17, 15) is 30.3 Å². The molecule has 9 heteroatoms. The monoisotopic (exact) mass is 944 g/mol. The van der Waals surface area contributed by atoms with E-state index in [1.807, 2.05) is 6.08 Å². The van der Waals surface area contributed by atoms with Crippen LogP contribution in [0.15, 0.2) is 60.8 Å². The fourth-order valence-corrected chi connectivity index (χ4v) is 8.57. The van der Waals surface area contributed by atoms with Gasteiger partial charge in [0.05, 0.1) is 25.4 Å². The van der Waals surface area contributed by atoms with Crippen molar-refractivity contribution < 1.29 is 39.8 Å². The van der Waals surface area contributed by atoms with Crippen LogP contribution in [0.25, 0.3) is 0 Å². The van der Waals surface area contributed by atoms with E-state index in [0.717, 1.165) is 57.8 Å². The van der Waals surface area contributed by atoms with Gasteiger partial charge in [-0.2, -0.15) is 0 Å². The van der Waals surface area contributed by atoms with Gasteiger partial charge in [0, 0.05) is 6.42 Å². The maximum Gasteiger partial charge on any atom is 0.220 e. The molecule has 1 heterocycles. The van der Waals surface area contributed by atoms with Crippen molar-refractivity contribution in [1.82, 2.24) is 5.32 Å². The Kier molecular flexibility index (Phi) is 44.7. The van der Waals surface area contributed by atoms with Gasteiger partial charge in [0.25, 0.3) is 0 Å². The number of hydrogen-bond acceptors (Lipinski definition) is 8. The molecule has 0 bridgehead atoms. The molecular formula is C58H105NO8. The summed E-state index contributed by atoms with van der Waals surface area (Å²) in [5.41, 5.74) is 0. The van der Waals surface area contributed by atoms with Crippen molar-refractivity contribution in [2.24, 2.45) is 0 Å². The number of carbonyl (C=O) groups is 1. The largest absolute Gasteiger partial charge is 0.394 e. The van der Waals surface area contributed by atoms with E-state index < -0.39 is 49.5 Å². The second-order valence-electron chi connectivity index (χ2n) is 19.4. The van der Waals surface area contributed by atoms with Crippen LogP contribution in [-0.4, -0.2) is 87.5 Å². The van der Waals surface area contributed by atoms with Gasteiger partial charge in [0.1, 0.15) is 24.4 Å². The van der Waals surface area contributed by atoms with Crippen LogP contribution >= 0.6 is 0 Å². The van der Waals surface area contributed by atoms with Crippen molar-refractivity contribution >= 4 is 5.91 Å². The van der Waals surface area contributed by atoms with Gasteiger partial charge in [-0.25, -0.2) is 0 Å². The highest BCUT2D eigenvalue weighted by Gasteiger charge is 2.44. The molecular weight excluding hydrogens is 839 g/mol. The zero-order valence-corrected chi connectivity index (χ0v) is 43.1. The quantitative estimate of drug-likeness (QED) is 0.0261. The second-order valence-corrected chi connectivity index (χ2v) is 19.4. The molecule has 0 aromatic rings. The number of hydrogen-bond donors (Lipinski definition) is 6. The molecule has 6 N–H and O–H groups in total. The molecule has 0 aromatic carbocycles. The van der Waals surface area contributed by atoms with Crippen molar-refractivity contribution in [1.29, 1.82) is 0 Å². The van der Waals surface area contributed by atoms with Gasteiger partial charge in [-0.15, -0.1) is 0 Å². The first-order valence-corrected chi connectivity index (χ1v) is 28.0. The lowest BCUT2D eigenvalue weighted by Crippen LogP contribution is -2.60. The number of carbonyl (C=O) groups excluding carboxylic acids is 1. The lowest BCUT2D eigenvalue weighted by molar-refractivity contribution is -0.302. The fourth-order valence-electron chi connectivity index (χ4n) is 8.57. The van der Waals surface area contributed by atoms with Gasteiger partial charge < -0.3 is 40.3 Å². The number of unbranched alkanes of at least 4 members (excludes halogenated alkanes) is 29. The summed E-state index contributed by atoms with van der Waals surface area (Å²) in [6.45, 7) is 3.76. The number of nitrogens with one attached hydrogen (secondary N) is 1. The normalized spacial score (nSPS) is 20.1. The van der Waals surface area contributed by atoms with Crippen LogP contribution < -0.4 is 5.32 Å². The number of ether oxygens (including phenoxy) is 2. The molecule has 7 unspecified atom stereocenters. The van der Waals surface area contributed by atoms with Crippen molar-refractivity contribution in [3.63, 3.8) is 0 Å². The number of rotatable bonds is 47. The Morgan fingerprint density at radius 3 is 1.34 bits per heavy atom. The summed E-state index contributed by atoms with van der Waals surface area (Å²) in [5.74, 6) is -0.193. The SMILES string of the molecule is CCCCCCCCC/C=C/CC/C=C/CC/C=C/C(O)C(COC1OC(CO)C(O)C(O)C1O)NC(=O)CCCCCCCCCCCCC/C=C\C/C=C\CCCCCCCCCCC. The Morgan fingerprint density at radius 2 is 0.896 bits per heavy atom. The van der Waals surface area contributed by atoms with Gasteiger partial charge in [0.15, 0.2) is 6.29 Å². The predicted octanol–water partition coefficient (Wildman–Crippen LogP) is 13.5.